The highest BCUT2D eigenvalue weighted by Gasteiger charge is 2.26. The van der Waals surface area contributed by atoms with E-state index in [1.54, 1.807) is 11.5 Å². The highest BCUT2D eigenvalue weighted by molar-refractivity contribution is 5.93. The molecule has 0 saturated heterocycles. The van der Waals surface area contributed by atoms with Gasteiger partial charge in [0.25, 0.3) is 5.91 Å². The normalized spacial score (nSPS) is 16.0. The molecule has 128 valence electrons. The van der Waals surface area contributed by atoms with Gasteiger partial charge >= 0.3 is 0 Å². The maximum absolute atomic E-state index is 14.4. The predicted octanol–water partition coefficient (Wildman–Crippen LogP) is 2.08. The molecular formula is C17H26FN3O2. The molecule has 1 unspecified atom stereocenters. The van der Waals surface area contributed by atoms with Crippen molar-refractivity contribution in [2.75, 3.05) is 20.1 Å². The van der Waals surface area contributed by atoms with Gasteiger partial charge in [0, 0.05) is 30.3 Å². The van der Waals surface area contributed by atoms with Crippen molar-refractivity contribution in [3.63, 3.8) is 0 Å². The summed E-state index contributed by atoms with van der Waals surface area (Å²) in [4.78, 5) is 13.8. The van der Waals surface area contributed by atoms with E-state index in [1.165, 1.54) is 6.07 Å². The lowest BCUT2D eigenvalue weighted by atomic mass is 9.94. The molecule has 0 aromatic heterocycles. The number of nitrogens with one attached hydrogen (secondary N) is 2. The Balaban J connectivity index is 2.18. The predicted molar refractivity (Wildman–Crippen MR) is 87.0 cm³/mol. The maximum Gasteiger partial charge on any atom is 0.274 e. The summed E-state index contributed by atoms with van der Waals surface area (Å²) in [5.41, 5.74) is 3.27. The molecule has 0 fully saturated rings. The first-order chi connectivity index (χ1) is 11.1. The van der Waals surface area contributed by atoms with Gasteiger partial charge in [-0.25, -0.2) is 9.87 Å². The van der Waals surface area contributed by atoms with Gasteiger partial charge in [0.15, 0.2) is 0 Å². The zero-order valence-corrected chi connectivity index (χ0v) is 13.9. The minimum absolute atomic E-state index is 0.164. The lowest BCUT2D eigenvalue weighted by Gasteiger charge is -2.36. The number of fused-ring (bicyclic) bond motifs is 1. The van der Waals surface area contributed by atoms with E-state index >= 15 is 0 Å². The number of halogens is 1. The number of hydroxylamine groups is 1. The van der Waals surface area contributed by atoms with Crippen LogP contribution in [0.2, 0.25) is 0 Å². The molecule has 6 heteroatoms. The second kappa shape index (κ2) is 8.38. The van der Waals surface area contributed by atoms with Gasteiger partial charge in [-0.3, -0.25) is 14.9 Å². The van der Waals surface area contributed by atoms with Crippen LogP contribution in [0.1, 0.15) is 47.7 Å². The van der Waals surface area contributed by atoms with Crippen molar-refractivity contribution in [2.45, 2.75) is 45.2 Å². The molecule has 0 spiro atoms. The quantitative estimate of drug-likeness (QED) is 0.531. The van der Waals surface area contributed by atoms with Crippen molar-refractivity contribution in [1.82, 2.24) is 15.7 Å². The second-order valence-corrected chi connectivity index (χ2v) is 6.09. The van der Waals surface area contributed by atoms with Crippen LogP contribution in [0.3, 0.4) is 0 Å². The van der Waals surface area contributed by atoms with E-state index in [1.807, 2.05) is 7.05 Å². The van der Waals surface area contributed by atoms with Crippen LogP contribution in [0.4, 0.5) is 4.39 Å². The summed E-state index contributed by atoms with van der Waals surface area (Å²) in [6, 6.07) is 3.33. The van der Waals surface area contributed by atoms with Gasteiger partial charge in [0.1, 0.15) is 5.82 Å². The highest BCUT2D eigenvalue weighted by atomic mass is 19.1. The van der Waals surface area contributed by atoms with Gasteiger partial charge in [0.2, 0.25) is 0 Å². The van der Waals surface area contributed by atoms with E-state index in [0.29, 0.717) is 18.2 Å². The van der Waals surface area contributed by atoms with Crippen LogP contribution >= 0.6 is 0 Å². The standard InChI is InChI=1S/C17H26FN3O2/c1-3-4-14(5-7-19-2)21-8-6-12-9-13(17(22)20-23)10-16(18)15(12)11-21/h9-10,14,19,23H,3-8,11H2,1-2H3,(H,20,22). The largest absolute Gasteiger partial charge is 0.320 e. The maximum atomic E-state index is 14.4. The Morgan fingerprint density at radius 2 is 2.22 bits per heavy atom. The average Bonchev–Trinajstić information content (AvgIpc) is 2.57. The summed E-state index contributed by atoms with van der Waals surface area (Å²) in [5, 5.41) is 11.9. The third-order valence-electron chi connectivity index (χ3n) is 4.55. The fourth-order valence-corrected chi connectivity index (χ4v) is 3.30. The van der Waals surface area contributed by atoms with E-state index in [4.69, 9.17) is 5.21 Å². The first-order valence-electron chi connectivity index (χ1n) is 8.25. The van der Waals surface area contributed by atoms with Crippen LogP contribution in [-0.2, 0) is 13.0 Å². The second-order valence-electron chi connectivity index (χ2n) is 6.09. The van der Waals surface area contributed by atoms with Crippen molar-refractivity contribution in [3.05, 3.63) is 34.6 Å². The third-order valence-corrected chi connectivity index (χ3v) is 4.55. The van der Waals surface area contributed by atoms with Gasteiger partial charge in [-0.1, -0.05) is 13.3 Å². The van der Waals surface area contributed by atoms with Gasteiger partial charge in [-0.2, -0.15) is 0 Å². The number of hydrogen-bond acceptors (Lipinski definition) is 4. The Bertz CT molecular complexity index is 551. The lowest BCUT2D eigenvalue weighted by Crippen LogP contribution is -2.41. The van der Waals surface area contributed by atoms with Gasteiger partial charge < -0.3 is 5.32 Å². The molecule has 1 aliphatic heterocycles. The van der Waals surface area contributed by atoms with Crippen LogP contribution in [0.25, 0.3) is 0 Å². The summed E-state index contributed by atoms with van der Waals surface area (Å²) in [6.07, 6.45) is 3.98. The fraction of sp³-hybridized carbons (Fsp3) is 0.588. The van der Waals surface area contributed by atoms with Crippen molar-refractivity contribution < 1.29 is 14.4 Å². The van der Waals surface area contributed by atoms with E-state index in [0.717, 1.165) is 44.3 Å². The third kappa shape index (κ3) is 4.28. The van der Waals surface area contributed by atoms with E-state index in [2.05, 4.69) is 17.1 Å². The summed E-state index contributed by atoms with van der Waals surface area (Å²) < 4.78 is 14.4. The fourth-order valence-electron chi connectivity index (χ4n) is 3.30. The number of rotatable bonds is 7. The summed E-state index contributed by atoms with van der Waals surface area (Å²) >= 11 is 0. The molecule has 1 amide bonds. The number of amides is 1. The van der Waals surface area contributed by atoms with Crippen molar-refractivity contribution in [1.29, 1.82) is 0 Å². The monoisotopic (exact) mass is 323 g/mol. The van der Waals surface area contributed by atoms with Crippen molar-refractivity contribution in [3.8, 4) is 0 Å². The van der Waals surface area contributed by atoms with Crippen molar-refractivity contribution >= 4 is 5.91 Å². The molecule has 2 rings (SSSR count). The number of benzene rings is 1. The zero-order chi connectivity index (χ0) is 16.8. The van der Waals surface area contributed by atoms with Gasteiger partial charge in [-0.05, 0) is 50.6 Å². The summed E-state index contributed by atoms with van der Waals surface area (Å²) in [6.45, 7) is 4.57. The van der Waals surface area contributed by atoms with Gasteiger partial charge in [0.05, 0.1) is 0 Å². The molecule has 1 aromatic carbocycles. The Kier molecular flexibility index (Phi) is 6.50. The van der Waals surface area contributed by atoms with Crippen LogP contribution < -0.4 is 10.8 Å². The number of carbonyl (C=O) groups excluding carboxylic acids is 1. The molecule has 1 atom stereocenters. The molecule has 0 aliphatic carbocycles. The molecule has 1 aliphatic rings. The van der Waals surface area contributed by atoms with Crippen LogP contribution in [0.5, 0.6) is 0 Å². The first kappa shape index (κ1) is 17.8. The van der Waals surface area contributed by atoms with Crippen molar-refractivity contribution in [2.24, 2.45) is 0 Å². The van der Waals surface area contributed by atoms with E-state index < -0.39 is 5.91 Å². The summed E-state index contributed by atoms with van der Waals surface area (Å²) in [7, 11) is 1.95. The first-order valence-corrected chi connectivity index (χ1v) is 8.25. The highest BCUT2D eigenvalue weighted by Crippen LogP contribution is 2.26. The molecular weight excluding hydrogens is 297 g/mol. The topological polar surface area (TPSA) is 64.6 Å². The molecule has 0 bridgehead atoms. The van der Waals surface area contributed by atoms with Crippen LogP contribution in [-0.4, -0.2) is 42.2 Å². The molecule has 1 heterocycles. The van der Waals surface area contributed by atoms with Crippen LogP contribution in [0.15, 0.2) is 12.1 Å². The smallest absolute Gasteiger partial charge is 0.274 e. The Morgan fingerprint density at radius 1 is 1.43 bits per heavy atom. The zero-order valence-electron chi connectivity index (χ0n) is 13.9. The van der Waals surface area contributed by atoms with E-state index in [-0.39, 0.29) is 11.4 Å². The average molecular weight is 323 g/mol. The Morgan fingerprint density at radius 3 is 2.87 bits per heavy atom. The number of nitrogens with zero attached hydrogens (tertiary/aromatic N) is 1. The molecule has 23 heavy (non-hydrogen) atoms. The Hall–Kier alpha value is -1.50. The number of carbonyl (C=O) groups is 1. The minimum atomic E-state index is -0.674. The molecule has 5 nitrogen and oxygen atoms in total. The van der Waals surface area contributed by atoms with E-state index in [9.17, 15) is 9.18 Å². The summed E-state index contributed by atoms with van der Waals surface area (Å²) in [5.74, 6) is -1.04. The molecule has 3 N–H and O–H groups in total. The van der Waals surface area contributed by atoms with Gasteiger partial charge in [-0.15, -0.1) is 0 Å². The minimum Gasteiger partial charge on any atom is -0.320 e. The molecule has 0 radical (unpaired) electrons. The molecule has 1 aromatic rings. The SMILES string of the molecule is CCCC(CCNC)N1CCc2cc(C(=O)NO)cc(F)c2C1. The Labute approximate surface area is 136 Å². The molecule has 0 saturated carbocycles. The lowest BCUT2D eigenvalue weighted by molar-refractivity contribution is 0.0705. The van der Waals surface area contributed by atoms with Crippen LogP contribution in [0, 0.1) is 5.82 Å². The number of hydrogen-bond donors (Lipinski definition) is 3.